The van der Waals surface area contributed by atoms with Gasteiger partial charge in [0, 0.05) is 25.7 Å². The lowest BCUT2D eigenvalue weighted by Gasteiger charge is -2.30. The van der Waals surface area contributed by atoms with Crippen molar-refractivity contribution in [1.29, 1.82) is 0 Å². The number of hydrogen-bond acceptors (Lipinski definition) is 4. The summed E-state index contributed by atoms with van der Waals surface area (Å²) in [6.45, 7) is 3.12. The Morgan fingerprint density at radius 3 is 3.00 bits per heavy atom. The van der Waals surface area contributed by atoms with Gasteiger partial charge in [-0.3, -0.25) is 4.79 Å². The lowest BCUT2D eigenvalue weighted by Crippen LogP contribution is -2.38. The summed E-state index contributed by atoms with van der Waals surface area (Å²) in [5.41, 5.74) is 1.57. The van der Waals surface area contributed by atoms with Crippen LogP contribution in [-0.4, -0.2) is 24.7 Å². The Bertz CT molecular complexity index is 654. The molecule has 0 aliphatic carbocycles. The topological polar surface area (TPSA) is 54.3 Å². The molecule has 5 heteroatoms. The number of aryl methyl sites for hydroxylation is 1. The third-order valence-electron chi connectivity index (χ3n) is 4.07. The second-order valence-corrected chi connectivity index (χ2v) is 5.75. The molecule has 2 aliphatic rings. The van der Waals surface area contributed by atoms with Crippen LogP contribution in [0.1, 0.15) is 31.2 Å². The predicted molar refractivity (Wildman–Crippen MR) is 83.9 cm³/mol. The molecule has 0 saturated heterocycles. The zero-order chi connectivity index (χ0) is 15.6. The lowest BCUT2D eigenvalue weighted by atomic mass is 10.0. The number of ether oxygens (including phenoxy) is 1. The van der Waals surface area contributed by atoms with Crippen LogP contribution in [0.5, 0.6) is 5.75 Å². The fourth-order valence-corrected chi connectivity index (χ4v) is 2.70. The van der Waals surface area contributed by atoms with Gasteiger partial charge in [0.1, 0.15) is 12.4 Å². The summed E-state index contributed by atoms with van der Waals surface area (Å²) >= 11 is 0. The van der Waals surface area contributed by atoms with Gasteiger partial charge >= 0.3 is 0 Å². The van der Waals surface area contributed by atoms with Crippen LogP contribution >= 0.6 is 0 Å². The Labute approximate surface area is 130 Å². The van der Waals surface area contributed by atoms with Crippen molar-refractivity contribution >= 4 is 11.6 Å². The summed E-state index contributed by atoms with van der Waals surface area (Å²) in [5, 5.41) is 8.16. The van der Waals surface area contributed by atoms with Gasteiger partial charge in [0.25, 0.3) is 0 Å². The second kappa shape index (κ2) is 5.80. The summed E-state index contributed by atoms with van der Waals surface area (Å²) in [7, 11) is 0. The van der Waals surface area contributed by atoms with Gasteiger partial charge in [-0.1, -0.05) is 6.07 Å². The van der Waals surface area contributed by atoms with Crippen molar-refractivity contribution in [3.8, 4) is 18.1 Å². The smallest absolute Gasteiger partial charge is 0.227 e. The van der Waals surface area contributed by atoms with E-state index in [0.29, 0.717) is 32.4 Å². The maximum atomic E-state index is 12.5. The fraction of sp³-hybridized carbons (Fsp3) is 0.471. The molecule has 0 N–H and O–H groups in total. The highest BCUT2D eigenvalue weighted by Gasteiger charge is 2.40. The molecule has 0 radical (unpaired) electrons. The first kappa shape index (κ1) is 14.6. The number of amides is 1. The first-order chi connectivity index (χ1) is 10.6. The zero-order valence-corrected chi connectivity index (χ0v) is 12.7. The van der Waals surface area contributed by atoms with Crippen LogP contribution in [-0.2, 0) is 4.79 Å². The average Bonchev–Trinajstić information content (AvgIpc) is 3.30. The fourth-order valence-electron chi connectivity index (χ4n) is 2.70. The van der Waals surface area contributed by atoms with Crippen molar-refractivity contribution in [3.05, 3.63) is 23.8 Å². The van der Waals surface area contributed by atoms with E-state index in [-0.39, 0.29) is 5.91 Å². The molecule has 0 fully saturated rings. The minimum atomic E-state index is -0.398. The molecule has 0 atom stereocenters. The van der Waals surface area contributed by atoms with Crippen LogP contribution < -0.4 is 9.64 Å². The van der Waals surface area contributed by atoms with Crippen LogP contribution in [0.2, 0.25) is 0 Å². The van der Waals surface area contributed by atoms with Gasteiger partial charge in [-0.25, -0.2) is 0 Å². The normalized spacial score (nSPS) is 17.4. The van der Waals surface area contributed by atoms with Gasteiger partial charge < -0.3 is 9.64 Å². The highest BCUT2D eigenvalue weighted by Crippen LogP contribution is 2.38. The Balaban J connectivity index is 1.63. The number of fused-ring (bicyclic) bond motifs is 1. The van der Waals surface area contributed by atoms with E-state index < -0.39 is 5.66 Å². The molecule has 3 rings (SSSR count). The van der Waals surface area contributed by atoms with Gasteiger partial charge in [-0.05, 0) is 24.6 Å². The summed E-state index contributed by atoms with van der Waals surface area (Å²) in [6, 6.07) is 5.91. The van der Waals surface area contributed by atoms with E-state index in [1.807, 2.05) is 25.1 Å². The summed E-state index contributed by atoms with van der Waals surface area (Å²) in [6.07, 6.45) is 7.70. The molecule has 1 aromatic rings. The van der Waals surface area contributed by atoms with Crippen LogP contribution in [0.4, 0.5) is 5.69 Å². The monoisotopic (exact) mass is 297 g/mol. The second-order valence-electron chi connectivity index (χ2n) is 5.75. The molecule has 5 nitrogen and oxygen atoms in total. The van der Waals surface area contributed by atoms with E-state index in [9.17, 15) is 4.79 Å². The molecule has 2 heterocycles. The molecule has 1 amide bonds. The Morgan fingerprint density at radius 1 is 1.45 bits per heavy atom. The summed E-state index contributed by atoms with van der Waals surface area (Å²) < 4.78 is 5.64. The third-order valence-corrected chi connectivity index (χ3v) is 4.07. The number of benzene rings is 1. The average molecular weight is 297 g/mol. The highest BCUT2D eigenvalue weighted by molar-refractivity contribution is 5.95. The molecule has 114 valence electrons. The standard InChI is InChI=1S/C17H19N3O2/c1-3-4-8-17(18-19-17)9-7-16(21)20-10-11-22-15-12-13(2)5-6-14(15)20/h1,5-6,12H,4,7-11H2,2H3. The zero-order valence-electron chi connectivity index (χ0n) is 12.7. The van der Waals surface area contributed by atoms with Crippen molar-refractivity contribution in [1.82, 2.24) is 0 Å². The van der Waals surface area contributed by atoms with E-state index in [0.717, 1.165) is 23.4 Å². The van der Waals surface area contributed by atoms with Crippen molar-refractivity contribution in [2.75, 3.05) is 18.1 Å². The maximum absolute atomic E-state index is 12.5. The predicted octanol–water partition coefficient (Wildman–Crippen LogP) is 3.08. The first-order valence-electron chi connectivity index (χ1n) is 7.55. The Kier molecular flexibility index (Phi) is 3.84. The highest BCUT2D eigenvalue weighted by atomic mass is 16.5. The van der Waals surface area contributed by atoms with E-state index in [2.05, 4.69) is 16.1 Å². The minimum Gasteiger partial charge on any atom is -0.490 e. The summed E-state index contributed by atoms with van der Waals surface area (Å²) in [5.74, 6) is 3.47. The molecule has 0 bridgehead atoms. The van der Waals surface area contributed by atoms with Gasteiger partial charge in [-0.15, -0.1) is 12.3 Å². The number of nitrogens with zero attached hydrogens (tertiary/aromatic N) is 3. The number of carbonyl (C=O) groups is 1. The summed E-state index contributed by atoms with van der Waals surface area (Å²) in [4.78, 5) is 14.3. The van der Waals surface area contributed by atoms with Gasteiger partial charge in [-0.2, -0.15) is 10.2 Å². The van der Waals surface area contributed by atoms with Crippen LogP contribution in [0.3, 0.4) is 0 Å². The number of anilines is 1. The number of rotatable bonds is 5. The van der Waals surface area contributed by atoms with Gasteiger partial charge in [0.2, 0.25) is 5.91 Å². The van der Waals surface area contributed by atoms with Crippen LogP contribution in [0.15, 0.2) is 28.4 Å². The van der Waals surface area contributed by atoms with Crippen LogP contribution in [0.25, 0.3) is 0 Å². The van der Waals surface area contributed by atoms with Crippen molar-refractivity contribution < 1.29 is 9.53 Å². The van der Waals surface area contributed by atoms with Gasteiger partial charge in [0.15, 0.2) is 5.66 Å². The first-order valence-corrected chi connectivity index (χ1v) is 7.55. The molecule has 22 heavy (non-hydrogen) atoms. The van der Waals surface area contributed by atoms with E-state index in [1.165, 1.54) is 0 Å². The minimum absolute atomic E-state index is 0.0887. The molecule has 0 aromatic heterocycles. The third kappa shape index (κ3) is 2.96. The maximum Gasteiger partial charge on any atom is 0.227 e. The van der Waals surface area contributed by atoms with Crippen molar-refractivity contribution in [3.63, 3.8) is 0 Å². The lowest BCUT2D eigenvalue weighted by molar-refractivity contribution is -0.119. The Hall–Kier alpha value is -2.35. The molecular weight excluding hydrogens is 278 g/mol. The Morgan fingerprint density at radius 2 is 2.27 bits per heavy atom. The SMILES string of the molecule is C#CCCC1(CCC(=O)N2CCOc3cc(C)ccc32)N=N1. The largest absolute Gasteiger partial charge is 0.490 e. The van der Waals surface area contributed by atoms with Crippen molar-refractivity contribution in [2.45, 2.75) is 38.3 Å². The molecule has 2 aliphatic heterocycles. The van der Waals surface area contributed by atoms with Gasteiger partial charge in [0.05, 0.1) is 12.2 Å². The van der Waals surface area contributed by atoms with E-state index in [1.54, 1.807) is 4.90 Å². The quantitative estimate of drug-likeness (QED) is 0.784. The molecule has 0 saturated carbocycles. The van der Waals surface area contributed by atoms with E-state index in [4.69, 9.17) is 11.2 Å². The molecular formula is C17H19N3O2. The number of hydrogen-bond donors (Lipinski definition) is 0. The molecule has 0 spiro atoms. The number of terminal acetylenes is 1. The van der Waals surface area contributed by atoms with Crippen LogP contribution in [0, 0.1) is 19.3 Å². The molecule has 1 aromatic carbocycles. The van der Waals surface area contributed by atoms with E-state index >= 15 is 0 Å². The number of carbonyl (C=O) groups excluding carboxylic acids is 1. The van der Waals surface area contributed by atoms with Crippen molar-refractivity contribution in [2.24, 2.45) is 10.2 Å². The molecule has 0 unspecified atom stereocenters.